The smallest absolute Gasteiger partial charge is 0.335 e. The third kappa shape index (κ3) is 4.49. The van der Waals surface area contributed by atoms with Crippen molar-refractivity contribution in [1.29, 1.82) is 0 Å². The number of hydrogen-bond acceptors (Lipinski definition) is 4. The molecule has 26 heavy (non-hydrogen) atoms. The summed E-state index contributed by atoms with van der Waals surface area (Å²) in [5.74, 6) is -1.43. The molecule has 0 fully saturated rings. The maximum Gasteiger partial charge on any atom is 0.335 e. The lowest BCUT2D eigenvalue weighted by molar-refractivity contribution is 0.0696. The van der Waals surface area contributed by atoms with Gasteiger partial charge in [-0.2, -0.15) is 5.10 Å². The first-order valence-corrected chi connectivity index (χ1v) is 8.63. The van der Waals surface area contributed by atoms with Gasteiger partial charge in [-0.1, -0.05) is 13.8 Å². The topological polar surface area (TPSA) is 93.5 Å². The fraction of sp³-hybridized carbons (Fsp3) is 0.421. The number of nitrogens with zero attached hydrogens (tertiary/aromatic N) is 2. The second kappa shape index (κ2) is 8.62. The number of anilines is 1. The van der Waals surface area contributed by atoms with Crippen LogP contribution >= 0.6 is 0 Å². The summed E-state index contributed by atoms with van der Waals surface area (Å²) >= 11 is 0. The van der Waals surface area contributed by atoms with Crippen molar-refractivity contribution in [3.63, 3.8) is 0 Å². The maximum absolute atomic E-state index is 12.6. The molecule has 0 aliphatic rings. The number of carboxylic acids is 1. The molecule has 1 aromatic carbocycles. The predicted octanol–water partition coefficient (Wildman–Crippen LogP) is 3.65. The third-order valence-corrected chi connectivity index (χ3v) is 4.25. The molecule has 7 heteroatoms. The van der Waals surface area contributed by atoms with Crippen LogP contribution in [0.4, 0.5) is 5.69 Å². The second-order valence-corrected chi connectivity index (χ2v) is 6.20. The van der Waals surface area contributed by atoms with Gasteiger partial charge in [-0.3, -0.25) is 9.48 Å². The van der Waals surface area contributed by atoms with E-state index >= 15 is 0 Å². The lowest BCUT2D eigenvalue weighted by atomic mass is 10.1. The van der Waals surface area contributed by atoms with E-state index in [2.05, 4.69) is 24.3 Å². The molecule has 0 spiro atoms. The second-order valence-electron chi connectivity index (χ2n) is 6.20. The van der Waals surface area contributed by atoms with Crippen molar-refractivity contribution in [2.24, 2.45) is 0 Å². The number of carboxylic acid groups (broad SMARTS) is 1. The number of nitrogens with one attached hydrogen (secondary N) is 1. The molecule has 2 aromatic rings. The summed E-state index contributed by atoms with van der Waals surface area (Å²) in [6, 6.07) is 6.63. The van der Waals surface area contributed by atoms with E-state index in [0.717, 1.165) is 18.5 Å². The molecule has 7 nitrogen and oxygen atoms in total. The van der Waals surface area contributed by atoms with Gasteiger partial charge in [0.25, 0.3) is 5.91 Å². The minimum Gasteiger partial charge on any atom is -0.478 e. The van der Waals surface area contributed by atoms with Crippen LogP contribution in [0.1, 0.15) is 64.8 Å². The number of amides is 1. The highest BCUT2D eigenvalue weighted by atomic mass is 16.5. The Hall–Kier alpha value is -2.67. The maximum atomic E-state index is 12.6. The van der Waals surface area contributed by atoms with Gasteiger partial charge in [-0.15, -0.1) is 0 Å². The van der Waals surface area contributed by atoms with Crippen molar-refractivity contribution in [3.05, 3.63) is 46.8 Å². The van der Waals surface area contributed by atoms with Crippen LogP contribution in [0, 0.1) is 6.92 Å². The molecule has 0 aliphatic carbocycles. The molecule has 1 heterocycles. The first-order valence-electron chi connectivity index (χ1n) is 8.63. The van der Waals surface area contributed by atoms with Crippen LogP contribution in [0.5, 0.6) is 0 Å². The molecule has 0 aliphatic heterocycles. The molecular weight excluding hydrogens is 334 g/mol. The lowest BCUT2D eigenvalue weighted by Crippen LogP contribution is -2.16. The summed E-state index contributed by atoms with van der Waals surface area (Å²) in [5, 5.41) is 16.4. The van der Waals surface area contributed by atoms with Gasteiger partial charge in [0.1, 0.15) is 0 Å². The van der Waals surface area contributed by atoms with Crippen molar-refractivity contribution < 1.29 is 19.4 Å². The number of rotatable bonds is 8. The molecule has 0 radical (unpaired) electrons. The molecule has 0 bridgehead atoms. The minimum absolute atomic E-state index is 0.0913. The molecular formula is C19H25N3O4. The number of carbonyl (C=O) groups is 2. The SMILES string of the molecule is CCC(CC)n1nc(C(=O)Nc2cc(COC)cc(C(=O)O)c2)cc1C. The number of ether oxygens (including phenoxy) is 1. The fourth-order valence-electron chi connectivity index (χ4n) is 2.94. The number of aromatic carboxylic acids is 1. The van der Waals surface area contributed by atoms with Crippen LogP contribution in [0.3, 0.4) is 0 Å². The Morgan fingerprint density at radius 1 is 1.23 bits per heavy atom. The van der Waals surface area contributed by atoms with Gasteiger partial charge in [0.2, 0.25) is 0 Å². The van der Waals surface area contributed by atoms with Gasteiger partial charge in [-0.05, 0) is 49.6 Å². The monoisotopic (exact) mass is 359 g/mol. The highest BCUT2D eigenvalue weighted by Crippen LogP contribution is 2.20. The van der Waals surface area contributed by atoms with Gasteiger partial charge in [-0.25, -0.2) is 4.79 Å². The van der Waals surface area contributed by atoms with Gasteiger partial charge >= 0.3 is 5.97 Å². The Morgan fingerprint density at radius 3 is 2.50 bits per heavy atom. The van der Waals surface area contributed by atoms with E-state index in [1.54, 1.807) is 12.1 Å². The normalized spacial score (nSPS) is 11.0. The quantitative estimate of drug-likeness (QED) is 0.750. The highest BCUT2D eigenvalue weighted by molar-refractivity contribution is 6.03. The molecule has 0 atom stereocenters. The largest absolute Gasteiger partial charge is 0.478 e. The van der Waals surface area contributed by atoms with Gasteiger partial charge in [0, 0.05) is 18.5 Å². The Labute approximate surface area is 153 Å². The van der Waals surface area contributed by atoms with Crippen LogP contribution in [-0.2, 0) is 11.3 Å². The Morgan fingerprint density at radius 2 is 1.92 bits per heavy atom. The highest BCUT2D eigenvalue weighted by Gasteiger charge is 2.17. The molecule has 1 amide bonds. The lowest BCUT2D eigenvalue weighted by Gasteiger charge is -2.14. The summed E-state index contributed by atoms with van der Waals surface area (Å²) in [6.07, 6.45) is 1.86. The molecule has 0 saturated heterocycles. The number of aryl methyl sites for hydroxylation is 1. The molecule has 1 aromatic heterocycles. The zero-order chi connectivity index (χ0) is 19.3. The standard InChI is InChI=1S/C19H25N3O4/c1-5-16(6-2)22-12(3)7-17(21-22)18(23)20-15-9-13(11-26-4)8-14(10-15)19(24)25/h7-10,16H,5-6,11H2,1-4H3,(H,20,23)(H,24,25). The number of benzene rings is 1. The Balaban J connectivity index is 2.27. The van der Waals surface area contributed by atoms with E-state index in [1.165, 1.54) is 19.2 Å². The third-order valence-electron chi connectivity index (χ3n) is 4.25. The van der Waals surface area contributed by atoms with Crippen LogP contribution in [0.2, 0.25) is 0 Å². The summed E-state index contributed by atoms with van der Waals surface area (Å²) < 4.78 is 6.93. The van der Waals surface area contributed by atoms with Gasteiger partial charge in [0.05, 0.1) is 18.2 Å². The van der Waals surface area contributed by atoms with Gasteiger partial charge in [0.15, 0.2) is 5.69 Å². The van der Waals surface area contributed by atoms with E-state index in [1.807, 2.05) is 11.6 Å². The average Bonchev–Trinajstić information content (AvgIpc) is 2.98. The Bertz CT molecular complexity index is 794. The average molecular weight is 359 g/mol. The van der Waals surface area contributed by atoms with Gasteiger partial charge < -0.3 is 15.2 Å². The minimum atomic E-state index is -1.06. The zero-order valence-corrected chi connectivity index (χ0v) is 15.6. The van der Waals surface area contributed by atoms with Crippen LogP contribution in [0.25, 0.3) is 0 Å². The van der Waals surface area contributed by atoms with E-state index in [0.29, 0.717) is 16.9 Å². The molecule has 0 saturated carbocycles. The van der Waals surface area contributed by atoms with Crippen molar-refractivity contribution >= 4 is 17.6 Å². The van der Waals surface area contributed by atoms with Crippen molar-refractivity contribution in [2.75, 3.05) is 12.4 Å². The van der Waals surface area contributed by atoms with E-state index in [4.69, 9.17) is 4.74 Å². The molecule has 2 N–H and O–H groups in total. The van der Waals surface area contributed by atoms with Crippen LogP contribution in [-0.4, -0.2) is 33.9 Å². The van der Waals surface area contributed by atoms with E-state index in [9.17, 15) is 14.7 Å². The predicted molar refractivity (Wildman–Crippen MR) is 98.7 cm³/mol. The van der Waals surface area contributed by atoms with Crippen molar-refractivity contribution in [2.45, 2.75) is 46.3 Å². The molecule has 140 valence electrons. The first kappa shape index (κ1) is 19.7. The van der Waals surface area contributed by atoms with Crippen molar-refractivity contribution in [1.82, 2.24) is 9.78 Å². The number of hydrogen-bond donors (Lipinski definition) is 2. The van der Waals surface area contributed by atoms with Crippen LogP contribution < -0.4 is 5.32 Å². The number of carbonyl (C=O) groups excluding carboxylic acids is 1. The summed E-state index contributed by atoms with van der Waals surface area (Å²) in [6.45, 7) is 6.35. The Kier molecular flexibility index (Phi) is 6.52. The number of methoxy groups -OCH3 is 1. The zero-order valence-electron chi connectivity index (χ0n) is 15.6. The van der Waals surface area contributed by atoms with Crippen molar-refractivity contribution in [3.8, 4) is 0 Å². The van der Waals surface area contributed by atoms with E-state index in [-0.39, 0.29) is 24.1 Å². The molecule has 0 unspecified atom stereocenters. The first-order chi connectivity index (χ1) is 12.4. The van der Waals surface area contributed by atoms with E-state index < -0.39 is 5.97 Å². The summed E-state index contributed by atoms with van der Waals surface area (Å²) in [4.78, 5) is 23.8. The summed E-state index contributed by atoms with van der Waals surface area (Å²) in [5.41, 5.74) is 2.39. The fourth-order valence-corrected chi connectivity index (χ4v) is 2.94. The van der Waals surface area contributed by atoms with Crippen LogP contribution in [0.15, 0.2) is 24.3 Å². The number of aromatic nitrogens is 2. The molecule has 2 rings (SSSR count). The summed E-state index contributed by atoms with van der Waals surface area (Å²) in [7, 11) is 1.53.